The first kappa shape index (κ1) is 17.2. The zero-order valence-electron chi connectivity index (χ0n) is 11.3. The van der Waals surface area contributed by atoms with Gasteiger partial charge in [-0.3, -0.25) is 10.1 Å². The van der Waals surface area contributed by atoms with E-state index in [-0.39, 0.29) is 17.6 Å². The average molecular weight is 491 g/mol. The van der Waals surface area contributed by atoms with E-state index >= 15 is 0 Å². The van der Waals surface area contributed by atoms with Crippen molar-refractivity contribution in [1.82, 2.24) is 5.32 Å². The number of ether oxygens (including phenoxy) is 1. The summed E-state index contributed by atoms with van der Waals surface area (Å²) in [5, 5.41) is 5.75. The highest BCUT2D eigenvalue weighted by atomic mass is 127. The van der Waals surface area contributed by atoms with Crippen molar-refractivity contribution in [3.63, 3.8) is 0 Å². The van der Waals surface area contributed by atoms with E-state index in [1.165, 1.54) is 0 Å². The monoisotopic (exact) mass is 490 g/mol. The van der Waals surface area contributed by atoms with Gasteiger partial charge in [0.05, 0.1) is 0 Å². The minimum absolute atomic E-state index is 0.101. The third kappa shape index (κ3) is 5.90. The van der Waals surface area contributed by atoms with Crippen LogP contribution in [0.15, 0.2) is 53.0 Å². The second kappa shape index (κ2) is 8.44. The maximum absolute atomic E-state index is 11.8. The van der Waals surface area contributed by atoms with E-state index < -0.39 is 0 Å². The van der Waals surface area contributed by atoms with E-state index in [1.807, 2.05) is 36.4 Å². The van der Waals surface area contributed by atoms with Gasteiger partial charge in [-0.05, 0) is 83.3 Å². The van der Waals surface area contributed by atoms with Crippen LogP contribution in [0, 0.1) is 3.57 Å². The summed E-state index contributed by atoms with van der Waals surface area (Å²) in [4.78, 5) is 11.8. The van der Waals surface area contributed by atoms with Crippen LogP contribution in [0.1, 0.15) is 0 Å². The van der Waals surface area contributed by atoms with Gasteiger partial charge in [-0.2, -0.15) is 0 Å². The summed E-state index contributed by atoms with van der Waals surface area (Å²) in [5.41, 5.74) is 0.819. The molecule has 2 N–H and O–H groups in total. The number of carbonyl (C=O) groups excluding carboxylic acids is 1. The third-order valence-electron chi connectivity index (χ3n) is 2.54. The summed E-state index contributed by atoms with van der Waals surface area (Å²) in [6.45, 7) is -0.101. The number of amides is 1. The van der Waals surface area contributed by atoms with Crippen molar-refractivity contribution in [3.8, 4) is 5.75 Å². The van der Waals surface area contributed by atoms with Crippen LogP contribution in [0.2, 0.25) is 0 Å². The topological polar surface area (TPSA) is 50.4 Å². The molecule has 0 aromatic heterocycles. The Bertz CT molecular complexity index is 662. The summed E-state index contributed by atoms with van der Waals surface area (Å²) >= 11 is 10.6. The normalized spacial score (nSPS) is 9.91. The molecule has 2 aromatic carbocycles. The maximum atomic E-state index is 11.8. The minimum atomic E-state index is -0.314. The fourth-order valence-corrected chi connectivity index (χ4v) is 2.39. The first-order valence-corrected chi connectivity index (χ1v) is 8.56. The molecule has 0 heterocycles. The van der Waals surface area contributed by atoms with E-state index in [0.29, 0.717) is 5.75 Å². The zero-order chi connectivity index (χ0) is 15.9. The Balaban J connectivity index is 1.77. The second-order valence-electron chi connectivity index (χ2n) is 4.25. The van der Waals surface area contributed by atoms with Gasteiger partial charge in [-0.25, -0.2) is 0 Å². The number of hydrogen-bond acceptors (Lipinski definition) is 3. The van der Waals surface area contributed by atoms with Crippen molar-refractivity contribution < 1.29 is 9.53 Å². The largest absolute Gasteiger partial charge is 0.484 e. The molecule has 22 heavy (non-hydrogen) atoms. The van der Waals surface area contributed by atoms with Crippen LogP contribution >= 0.6 is 50.7 Å². The van der Waals surface area contributed by atoms with E-state index in [2.05, 4.69) is 49.2 Å². The Morgan fingerprint density at radius 2 is 1.77 bits per heavy atom. The lowest BCUT2D eigenvalue weighted by molar-refractivity contribution is -0.121. The molecule has 0 aliphatic rings. The highest BCUT2D eigenvalue weighted by Crippen LogP contribution is 2.15. The molecule has 4 nitrogen and oxygen atoms in total. The van der Waals surface area contributed by atoms with Crippen molar-refractivity contribution in [1.29, 1.82) is 0 Å². The van der Waals surface area contributed by atoms with Crippen LogP contribution in [-0.2, 0) is 4.79 Å². The third-order valence-corrected chi connectivity index (χ3v) is 3.99. The quantitative estimate of drug-likeness (QED) is 0.503. The molecule has 0 radical (unpaired) electrons. The molecule has 0 aliphatic heterocycles. The lowest BCUT2D eigenvalue weighted by Crippen LogP contribution is -2.37. The van der Waals surface area contributed by atoms with E-state index in [0.717, 1.165) is 13.7 Å². The first-order valence-electron chi connectivity index (χ1n) is 6.28. The molecule has 0 unspecified atom stereocenters. The smallest absolute Gasteiger partial charge is 0.264 e. The molecule has 1 amide bonds. The van der Waals surface area contributed by atoms with E-state index in [9.17, 15) is 4.79 Å². The lowest BCUT2D eigenvalue weighted by Gasteiger charge is -2.10. The molecule has 7 heteroatoms. The van der Waals surface area contributed by atoms with Crippen LogP contribution in [0.25, 0.3) is 0 Å². The predicted molar refractivity (Wildman–Crippen MR) is 103 cm³/mol. The molecule has 0 atom stereocenters. The van der Waals surface area contributed by atoms with Gasteiger partial charge in [0.15, 0.2) is 11.7 Å². The summed E-state index contributed by atoms with van der Waals surface area (Å²) in [6.07, 6.45) is 0. The first-order chi connectivity index (χ1) is 10.5. The second-order valence-corrected chi connectivity index (χ2v) is 6.82. The molecule has 2 aromatic rings. The summed E-state index contributed by atoms with van der Waals surface area (Å²) in [6, 6.07) is 14.9. The Morgan fingerprint density at radius 1 is 1.14 bits per heavy atom. The number of hydrogen-bond donors (Lipinski definition) is 2. The average Bonchev–Trinajstić information content (AvgIpc) is 2.49. The number of nitrogens with one attached hydrogen (secondary N) is 2. The molecule has 0 spiro atoms. The van der Waals surface area contributed by atoms with Gasteiger partial charge in [-0.15, -0.1) is 0 Å². The summed E-state index contributed by atoms with van der Waals surface area (Å²) in [7, 11) is 0. The summed E-state index contributed by atoms with van der Waals surface area (Å²) in [5.74, 6) is 0.306. The molecular weight excluding hydrogens is 479 g/mol. The van der Waals surface area contributed by atoms with Crippen LogP contribution in [-0.4, -0.2) is 17.6 Å². The van der Waals surface area contributed by atoms with Gasteiger partial charge in [0.2, 0.25) is 0 Å². The van der Waals surface area contributed by atoms with Gasteiger partial charge in [0.1, 0.15) is 5.75 Å². The Hall–Kier alpha value is -1.19. The number of anilines is 1. The zero-order valence-corrected chi connectivity index (χ0v) is 15.9. The van der Waals surface area contributed by atoms with Gasteiger partial charge < -0.3 is 10.1 Å². The number of benzene rings is 2. The van der Waals surface area contributed by atoms with Crippen molar-refractivity contribution in [3.05, 3.63) is 56.6 Å². The van der Waals surface area contributed by atoms with Gasteiger partial charge in [-0.1, -0.05) is 15.9 Å². The van der Waals surface area contributed by atoms with Crippen molar-refractivity contribution in [2.24, 2.45) is 0 Å². The molecule has 0 fully saturated rings. The molecule has 2 rings (SSSR count). The van der Waals surface area contributed by atoms with Crippen molar-refractivity contribution >= 4 is 67.4 Å². The van der Waals surface area contributed by atoms with Crippen LogP contribution in [0.4, 0.5) is 5.69 Å². The molecular formula is C15H12BrIN2O2S. The van der Waals surface area contributed by atoms with E-state index in [4.69, 9.17) is 17.0 Å². The van der Waals surface area contributed by atoms with Gasteiger partial charge in [0, 0.05) is 13.7 Å². The fourth-order valence-electron chi connectivity index (χ4n) is 1.54. The molecule has 114 valence electrons. The van der Waals surface area contributed by atoms with Gasteiger partial charge in [0.25, 0.3) is 5.91 Å². The van der Waals surface area contributed by atoms with Crippen LogP contribution < -0.4 is 15.4 Å². The number of halogens is 2. The standard InChI is InChI=1S/C15H12BrIN2O2S/c16-10-1-7-13(8-2-10)21-9-14(20)19-15(22)18-12-5-3-11(17)4-6-12/h1-8H,9H2,(H2,18,19,20,22). The number of carbonyl (C=O) groups is 1. The minimum Gasteiger partial charge on any atom is -0.484 e. The molecule has 0 bridgehead atoms. The Kier molecular flexibility index (Phi) is 6.59. The Morgan fingerprint density at radius 3 is 2.41 bits per heavy atom. The van der Waals surface area contributed by atoms with Crippen LogP contribution in [0.3, 0.4) is 0 Å². The maximum Gasteiger partial charge on any atom is 0.264 e. The molecule has 0 saturated carbocycles. The van der Waals surface area contributed by atoms with Gasteiger partial charge >= 0.3 is 0 Å². The van der Waals surface area contributed by atoms with E-state index in [1.54, 1.807) is 12.1 Å². The Labute approximate surface area is 155 Å². The molecule has 0 saturated heterocycles. The fraction of sp³-hybridized carbons (Fsp3) is 0.0667. The molecule has 0 aliphatic carbocycles. The lowest BCUT2D eigenvalue weighted by atomic mass is 10.3. The predicted octanol–water partition coefficient (Wildman–Crippen LogP) is 3.95. The number of rotatable bonds is 4. The summed E-state index contributed by atoms with van der Waals surface area (Å²) < 4.78 is 7.45. The highest BCUT2D eigenvalue weighted by Gasteiger charge is 2.06. The van der Waals surface area contributed by atoms with Crippen molar-refractivity contribution in [2.45, 2.75) is 0 Å². The SMILES string of the molecule is O=C(COc1ccc(Br)cc1)NC(=S)Nc1ccc(I)cc1. The van der Waals surface area contributed by atoms with Crippen molar-refractivity contribution in [2.75, 3.05) is 11.9 Å². The highest BCUT2D eigenvalue weighted by molar-refractivity contribution is 14.1. The van der Waals surface area contributed by atoms with Crippen LogP contribution in [0.5, 0.6) is 5.75 Å². The number of thiocarbonyl (C=S) groups is 1.